The van der Waals surface area contributed by atoms with E-state index in [4.69, 9.17) is 0 Å². The van der Waals surface area contributed by atoms with Crippen molar-refractivity contribution in [3.8, 4) is 0 Å². The highest BCUT2D eigenvalue weighted by molar-refractivity contribution is 5.78. The van der Waals surface area contributed by atoms with Crippen LogP contribution in [-0.2, 0) is 4.79 Å². The summed E-state index contributed by atoms with van der Waals surface area (Å²) in [5.41, 5.74) is 0. The zero-order valence-corrected chi connectivity index (χ0v) is 11.6. The molecule has 0 radical (unpaired) electrons. The topological polar surface area (TPSA) is 43.8 Å². The van der Waals surface area contributed by atoms with Crippen molar-refractivity contribution in [2.24, 2.45) is 11.8 Å². The summed E-state index contributed by atoms with van der Waals surface area (Å²) in [7, 11) is 0. The third kappa shape index (κ3) is 3.45. The molecule has 4 heteroatoms. The van der Waals surface area contributed by atoms with Crippen LogP contribution in [0.5, 0.6) is 0 Å². The van der Waals surface area contributed by atoms with Gasteiger partial charge in [-0.15, -0.1) is 0 Å². The fourth-order valence-electron chi connectivity index (χ4n) is 3.07. The van der Waals surface area contributed by atoms with E-state index < -0.39 is 0 Å². The van der Waals surface area contributed by atoms with E-state index in [1.807, 2.05) is 4.90 Å². The lowest BCUT2D eigenvalue weighted by atomic mass is 9.96. The number of carbonyl (C=O) groups excluding carboxylic acids is 1. The molecule has 18 heavy (non-hydrogen) atoms. The van der Waals surface area contributed by atoms with Crippen LogP contribution < -0.4 is 0 Å². The number of aliphatic hydroxyl groups excluding tert-OH is 1. The standard InChI is InChI=1S/C14H26N2O2/c1-11-4-3-6-16(8-11)14(18)10-15-7-5-13(17)12(2)9-15/h11-13,17H,3-10H2,1-2H3. The highest BCUT2D eigenvalue weighted by atomic mass is 16.3. The van der Waals surface area contributed by atoms with Crippen molar-refractivity contribution < 1.29 is 9.90 Å². The van der Waals surface area contributed by atoms with Gasteiger partial charge in [-0.3, -0.25) is 9.69 Å². The minimum atomic E-state index is -0.189. The van der Waals surface area contributed by atoms with Gasteiger partial charge in [0.15, 0.2) is 0 Å². The quantitative estimate of drug-likeness (QED) is 0.798. The summed E-state index contributed by atoms with van der Waals surface area (Å²) in [5, 5.41) is 9.69. The molecular weight excluding hydrogens is 228 g/mol. The Morgan fingerprint density at radius 3 is 2.67 bits per heavy atom. The molecule has 0 aliphatic carbocycles. The lowest BCUT2D eigenvalue weighted by molar-refractivity contribution is -0.135. The first kappa shape index (κ1) is 13.8. The molecule has 2 heterocycles. The Balaban J connectivity index is 1.80. The Labute approximate surface area is 110 Å². The molecule has 0 bridgehead atoms. The van der Waals surface area contributed by atoms with Gasteiger partial charge in [-0.25, -0.2) is 0 Å². The molecule has 0 spiro atoms. The maximum absolute atomic E-state index is 12.2. The van der Waals surface area contributed by atoms with E-state index in [9.17, 15) is 9.90 Å². The number of amides is 1. The van der Waals surface area contributed by atoms with E-state index in [0.29, 0.717) is 12.5 Å². The molecule has 0 aromatic rings. The van der Waals surface area contributed by atoms with Gasteiger partial charge < -0.3 is 10.0 Å². The molecule has 0 aromatic carbocycles. The summed E-state index contributed by atoms with van der Waals surface area (Å²) in [4.78, 5) is 16.4. The van der Waals surface area contributed by atoms with E-state index in [1.165, 1.54) is 6.42 Å². The zero-order valence-electron chi connectivity index (χ0n) is 11.6. The van der Waals surface area contributed by atoms with Crippen molar-refractivity contribution >= 4 is 5.91 Å². The van der Waals surface area contributed by atoms with Gasteiger partial charge in [0, 0.05) is 26.2 Å². The predicted molar refractivity (Wildman–Crippen MR) is 71.2 cm³/mol. The Bertz CT molecular complexity index is 296. The van der Waals surface area contributed by atoms with Crippen LogP contribution in [0, 0.1) is 11.8 Å². The third-order valence-electron chi connectivity index (χ3n) is 4.31. The molecule has 0 aromatic heterocycles. The zero-order chi connectivity index (χ0) is 13.1. The van der Waals surface area contributed by atoms with Gasteiger partial charge >= 0.3 is 0 Å². The second kappa shape index (κ2) is 6.02. The molecule has 3 atom stereocenters. The van der Waals surface area contributed by atoms with Gasteiger partial charge in [-0.2, -0.15) is 0 Å². The average Bonchev–Trinajstić information content (AvgIpc) is 2.34. The SMILES string of the molecule is CC1CCCN(C(=O)CN2CCC(O)C(C)C2)C1. The second-order valence-corrected chi connectivity index (χ2v) is 6.16. The minimum Gasteiger partial charge on any atom is -0.393 e. The summed E-state index contributed by atoms with van der Waals surface area (Å²) < 4.78 is 0. The van der Waals surface area contributed by atoms with Crippen LogP contribution in [-0.4, -0.2) is 59.6 Å². The van der Waals surface area contributed by atoms with E-state index >= 15 is 0 Å². The number of hydrogen-bond acceptors (Lipinski definition) is 3. The molecule has 1 N–H and O–H groups in total. The maximum atomic E-state index is 12.2. The first-order chi connectivity index (χ1) is 8.56. The van der Waals surface area contributed by atoms with Gasteiger partial charge in [0.1, 0.15) is 0 Å². The van der Waals surface area contributed by atoms with E-state index in [2.05, 4.69) is 18.7 Å². The van der Waals surface area contributed by atoms with Crippen LogP contribution in [0.3, 0.4) is 0 Å². The monoisotopic (exact) mass is 254 g/mol. The smallest absolute Gasteiger partial charge is 0.236 e. The number of likely N-dealkylation sites (tertiary alicyclic amines) is 2. The van der Waals surface area contributed by atoms with Crippen molar-refractivity contribution in [3.05, 3.63) is 0 Å². The second-order valence-electron chi connectivity index (χ2n) is 6.16. The van der Waals surface area contributed by atoms with E-state index in [1.54, 1.807) is 0 Å². The predicted octanol–water partition coefficient (Wildman–Crippen LogP) is 0.948. The third-order valence-corrected chi connectivity index (χ3v) is 4.31. The van der Waals surface area contributed by atoms with Crippen LogP contribution in [0.15, 0.2) is 0 Å². The molecule has 4 nitrogen and oxygen atoms in total. The van der Waals surface area contributed by atoms with Gasteiger partial charge in [-0.05, 0) is 31.1 Å². The van der Waals surface area contributed by atoms with Gasteiger partial charge in [0.2, 0.25) is 5.91 Å². The molecule has 0 saturated carbocycles. The number of hydrogen-bond donors (Lipinski definition) is 1. The minimum absolute atomic E-state index is 0.189. The van der Waals surface area contributed by atoms with Crippen molar-refractivity contribution in [1.82, 2.24) is 9.80 Å². The van der Waals surface area contributed by atoms with Crippen LogP contribution in [0.1, 0.15) is 33.1 Å². The average molecular weight is 254 g/mol. The molecule has 2 aliphatic rings. The summed E-state index contributed by atoms with van der Waals surface area (Å²) in [5.74, 6) is 1.20. The lowest BCUT2D eigenvalue weighted by Gasteiger charge is -2.36. The van der Waals surface area contributed by atoms with E-state index in [0.717, 1.165) is 39.0 Å². The molecular formula is C14H26N2O2. The van der Waals surface area contributed by atoms with Crippen LogP contribution >= 0.6 is 0 Å². The van der Waals surface area contributed by atoms with Crippen molar-refractivity contribution in [1.29, 1.82) is 0 Å². The van der Waals surface area contributed by atoms with Crippen LogP contribution in [0.2, 0.25) is 0 Å². The fraction of sp³-hybridized carbons (Fsp3) is 0.929. The highest BCUT2D eigenvalue weighted by Crippen LogP contribution is 2.18. The van der Waals surface area contributed by atoms with Gasteiger partial charge in [0.05, 0.1) is 12.6 Å². The number of piperidine rings is 2. The normalized spacial score (nSPS) is 34.6. The summed E-state index contributed by atoms with van der Waals surface area (Å²) >= 11 is 0. The maximum Gasteiger partial charge on any atom is 0.236 e. The highest BCUT2D eigenvalue weighted by Gasteiger charge is 2.27. The molecule has 104 valence electrons. The van der Waals surface area contributed by atoms with Crippen molar-refractivity contribution in [2.75, 3.05) is 32.7 Å². The lowest BCUT2D eigenvalue weighted by Crippen LogP contribution is -2.49. The number of nitrogens with zero attached hydrogens (tertiary/aromatic N) is 2. The first-order valence-corrected chi connectivity index (χ1v) is 7.24. The van der Waals surface area contributed by atoms with Gasteiger partial charge in [0.25, 0.3) is 0 Å². The summed E-state index contributed by atoms with van der Waals surface area (Å²) in [6.07, 6.45) is 3.00. The molecule has 2 aliphatic heterocycles. The van der Waals surface area contributed by atoms with Gasteiger partial charge in [-0.1, -0.05) is 13.8 Å². The van der Waals surface area contributed by atoms with Crippen LogP contribution in [0.25, 0.3) is 0 Å². The molecule has 3 unspecified atom stereocenters. The number of rotatable bonds is 2. The Kier molecular flexibility index (Phi) is 4.62. The summed E-state index contributed by atoms with van der Waals surface area (Å²) in [6.45, 7) is 8.35. The molecule has 2 fully saturated rings. The number of aliphatic hydroxyl groups is 1. The Morgan fingerprint density at radius 2 is 2.00 bits per heavy atom. The van der Waals surface area contributed by atoms with Crippen LogP contribution in [0.4, 0.5) is 0 Å². The molecule has 2 saturated heterocycles. The largest absolute Gasteiger partial charge is 0.393 e. The molecule has 2 rings (SSSR count). The summed E-state index contributed by atoms with van der Waals surface area (Å²) in [6, 6.07) is 0. The van der Waals surface area contributed by atoms with Crippen molar-refractivity contribution in [2.45, 2.75) is 39.2 Å². The van der Waals surface area contributed by atoms with E-state index in [-0.39, 0.29) is 17.9 Å². The molecule has 1 amide bonds. The fourth-order valence-corrected chi connectivity index (χ4v) is 3.07. The Morgan fingerprint density at radius 1 is 1.22 bits per heavy atom. The van der Waals surface area contributed by atoms with Crippen molar-refractivity contribution in [3.63, 3.8) is 0 Å². The first-order valence-electron chi connectivity index (χ1n) is 7.24. The Hall–Kier alpha value is -0.610. The number of carbonyl (C=O) groups is 1.